The van der Waals surface area contributed by atoms with Crippen LogP contribution >= 0.6 is 0 Å². The highest BCUT2D eigenvalue weighted by molar-refractivity contribution is 6.12. The number of methoxy groups -OCH3 is 1. The molecule has 0 amide bonds. The van der Waals surface area contributed by atoms with Crippen molar-refractivity contribution in [1.82, 2.24) is 0 Å². The third-order valence-electron chi connectivity index (χ3n) is 5.56. The maximum absolute atomic E-state index is 13.2. The van der Waals surface area contributed by atoms with Gasteiger partial charge in [-0.05, 0) is 42.9 Å². The second-order valence-electron chi connectivity index (χ2n) is 8.25. The molecule has 0 spiro atoms. The normalized spacial score (nSPS) is 23.8. The Bertz CT molecular complexity index is 833. The van der Waals surface area contributed by atoms with Gasteiger partial charge in [0.15, 0.2) is 0 Å². The number of esters is 1. The third-order valence-corrected chi connectivity index (χ3v) is 5.56. The van der Waals surface area contributed by atoms with E-state index in [0.717, 1.165) is 29.1 Å². The highest BCUT2D eigenvalue weighted by atomic mass is 16.5. The number of aliphatic imine (C=N–C) groups is 1. The summed E-state index contributed by atoms with van der Waals surface area (Å²) in [6.07, 6.45) is 1.86. The van der Waals surface area contributed by atoms with Crippen LogP contribution in [0.2, 0.25) is 0 Å². The van der Waals surface area contributed by atoms with Crippen LogP contribution in [-0.4, -0.2) is 31.2 Å². The van der Waals surface area contributed by atoms with Crippen molar-refractivity contribution in [2.75, 3.05) is 13.7 Å². The van der Waals surface area contributed by atoms with Gasteiger partial charge in [0, 0.05) is 18.1 Å². The number of carbonyl (C=O) groups excluding carboxylic acids is 2. The molecular formula is C23H29NO4. The molecule has 150 valence electrons. The third kappa shape index (κ3) is 3.75. The van der Waals surface area contributed by atoms with Crippen molar-refractivity contribution >= 4 is 17.5 Å². The van der Waals surface area contributed by atoms with Gasteiger partial charge in [0.05, 0.1) is 30.9 Å². The summed E-state index contributed by atoms with van der Waals surface area (Å²) >= 11 is 0. The zero-order valence-electron chi connectivity index (χ0n) is 17.4. The first-order chi connectivity index (χ1) is 13.3. The van der Waals surface area contributed by atoms with E-state index in [1.807, 2.05) is 31.2 Å². The predicted octanol–water partition coefficient (Wildman–Crippen LogP) is 4.47. The molecule has 5 heteroatoms. The fourth-order valence-electron chi connectivity index (χ4n) is 4.39. The molecule has 1 saturated carbocycles. The monoisotopic (exact) mass is 383 g/mol. The van der Waals surface area contributed by atoms with Crippen LogP contribution in [0.4, 0.5) is 0 Å². The Morgan fingerprint density at radius 3 is 2.39 bits per heavy atom. The van der Waals surface area contributed by atoms with Crippen LogP contribution in [0.5, 0.6) is 5.75 Å². The second kappa shape index (κ2) is 7.90. The standard InChI is InChI=1S/C23H29NO4/c1-6-16-21(22(26)28-7-2)19(14-8-10-15(27-5)11-9-14)20-17(24-16)12-23(3,4)13-18(20)25/h8-11,19-20H,6-7,12-13H2,1-5H3. The summed E-state index contributed by atoms with van der Waals surface area (Å²) < 4.78 is 10.6. The van der Waals surface area contributed by atoms with Crippen LogP contribution < -0.4 is 4.74 Å². The van der Waals surface area contributed by atoms with E-state index in [1.54, 1.807) is 14.0 Å². The zero-order valence-corrected chi connectivity index (χ0v) is 17.4. The number of carbonyl (C=O) groups is 2. The number of Topliss-reactive ketones (excluding diaryl/α,β-unsaturated/α-hetero) is 1. The SMILES string of the molecule is CCOC(=O)C1=C(CC)N=C2CC(C)(C)CC(=O)C2C1c1ccc(OC)cc1. The Morgan fingerprint density at radius 2 is 1.82 bits per heavy atom. The Balaban J connectivity index is 2.18. The van der Waals surface area contributed by atoms with E-state index in [1.165, 1.54) is 0 Å². The van der Waals surface area contributed by atoms with Crippen LogP contribution in [0, 0.1) is 11.3 Å². The van der Waals surface area contributed by atoms with Crippen LogP contribution in [0.1, 0.15) is 58.4 Å². The quantitative estimate of drug-likeness (QED) is 0.704. The fourth-order valence-corrected chi connectivity index (χ4v) is 4.39. The van der Waals surface area contributed by atoms with Crippen molar-refractivity contribution in [3.05, 3.63) is 41.1 Å². The number of nitrogens with zero attached hydrogens (tertiary/aromatic N) is 1. The molecule has 1 aliphatic carbocycles. The molecule has 5 nitrogen and oxygen atoms in total. The van der Waals surface area contributed by atoms with Gasteiger partial charge in [-0.25, -0.2) is 4.79 Å². The van der Waals surface area contributed by atoms with Crippen LogP contribution in [0.25, 0.3) is 0 Å². The van der Waals surface area contributed by atoms with Crippen molar-refractivity contribution in [3.63, 3.8) is 0 Å². The first kappa shape index (κ1) is 20.3. The van der Waals surface area contributed by atoms with E-state index >= 15 is 0 Å². The van der Waals surface area contributed by atoms with Gasteiger partial charge in [-0.2, -0.15) is 0 Å². The molecule has 1 aliphatic heterocycles. The van der Waals surface area contributed by atoms with Gasteiger partial charge in [-0.15, -0.1) is 0 Å². The summed E-state index contributed by atoms with van der Waals surface area (Å²) in [5, 5.41) is 0. The topological polar surface area (TPSA) is 65.0 Å². The smallest absolute Gasteiger partial charge is 0.336 e. The molecule has 1 fully saturated rings. The predicted molar refractivity (Wildman–Crippen MR) is 109 cm³/mol. The van der Waals surface area contributed by atoms with Crippen LogP contribution in [-0.2, 0) is 14.3 Å². The lowest BCUT2D eigenvalue weighted by Gasteiger charge is -2.41. The Hall–Kier alpha value is -2.43. The minimum Gasteiger partial charge on any atom is -0.497 e. The van der Waals surface area contributed by atoms with Crippen molar-refractivity contribution in [2.45, 2.75) is 52.9 Å². The molecule has 0 N–H and O–H groups in total. The number of fused-ring (bicyclic) bond motifs is 1. The summed E-state index contributed by atoms with van der Waals surface area (Å²) in [4.78, 5) is 30.9. The minimum absolute atomic E-state index is 0.114. The average Bonchev–Trinajstić information content (AvgIpc) is 2.65. The molecule has 2 unspecified atom stereocenters. The number of hydrogen-bond donors (Lipinski definition) is 0. The Labute approximate surface area is 166 Å². The molecule has 2 atom stereocenters. The highest BCUT2D eigenvalue weighted by Gasteiger charge is 2.47. The molecule has 1 heterocycles. The average molecular weight is 383 g/mol. The van der Waals surface area contributed by atoms with Crippen molar-refractivity contribution in [2.24, 2.45) is 16.3 Å². The van der Waals surface area contributed by atoms with E-state index in [-0.39, 0.29) is 29.7 Å². The van der Waals surface area contributed by atoms with Crippen molar-refractivity contribution in [3.8, 4) is 5.75 Å². The Morgan fingerprint density at radius 1 is 1.14 bits per heavy atom. The van der Waals surface area contributed by atoms with E-state index < -0.39 is 5.92 Å². The van der Waals surface area contributed by atoms with Gasteiger partial charge in [0.2, 0.25) is 0 Å². The largest absolute Gasteiger partial charge is 0.497 e. The minimum atomic E-state index is -0.406. The molecule has 28 heavy (non-hydrogen) atoms. The van der Waals surface area contributed by atoms with Crippen LogP contribution in [0.15, 0.2) is 40.5 Å². The number of ketones is 1. The molecule has 2 aliphatic rings. The summed E-state index contributed by atoms with van der Waals surface area (Å²) in [5.74, 6) is -0.262. The number of benzene rings is 1. The highest BCUT2D eigenvalue weighted by Crippen LogP contribution is 2.47. The zero-order chi connectivity index (χ0) is 20.5. The van der Waals surface area contributed by atoms with E-state index in [0.29, 0.717) is 18.4 Å². The van der Waals surface area contributed by atoms with Gasteiger partial charge in [0.25, 0.3) is 0 Å². The summed E-state index contributed by atoms with van der Waals surface area (Å²) in [7, 11) is 1.62. The lowest BCUT2D eigenvalue weighted by atomic mass is 9.63. The van der Waals surface area contributed by atoms with Crippen molar-refractivity contribution in [1.29, 1.82) is 0 Å². The van der Waals surface area contributed by atoms with Crippen molar-refractivity contribution < 1.29 is 19.1 Å². The van der Waals surface area contributed by atoms with Gasteiger partial charge in [-0.3, -0.25) is 9.79 Å². The molecule has 1 aromatic carbocycles. The molecular weight excluding hydrogens is 354 g/mol. The summed E-state index contributed by atoms with van der Waals surface area (Å²) in [5.41, 5.74) is 2.96. The van der Waals surface area contributed by atoms with Gasteiger partial charge in [0.1, 0.15) is 11.5 Å². The molecule has 3 rings (SSSR count). The number of rotatable bonds is 5. The fraction of sp³-hybridized carbons (Fsp3) is 0.522. The molecule has 0 bridgehead atoms. The molecule has 0 radical (unpaired) electrons. The summed E-state index contributed by atoms with van der Waals surface area (Å²) in [6.45, 7) is 8.26. The van der Waals surface area contributed by atoms with Crippen LogP contribution in [0.3, 0.4) is 0 Å². The second-order valence-corrected chi connectivity index (χ2v) is 8.25. The van der Waals surface area contributed by atoms with Gasteiger partial charge in [-0.1, -0.05) is 32.9 Å². The van der Waals surface area contributed by atoms with Gasteiger partial charge < -0.3 is 9.47 Å². The summed E-state index contributed by atoms with van der Waals surface area (Å²) in [6, 6.07) is 7.61. The van der Waals surface area contributed by atoms with E-state index in [9.17, 15) is 9.59 Å². The maximum Gasteiger partial charge on any atom is 0.336 e. The van der Waals surface area contributed by atoms with E-state index in [4.69, 9.17) is 14.5 Å². The molecule has 0 saturated heterocycles. The maximum atomic E-state index is 13.2. The first-order valence-electron chi connectivity index (χ1n) is 9.95. The number of hydrogen-bond acceptors (Lipinski definition) is 5. The lowest BCUT2D eigenvalue weighted by molar-refractivity contribution is -0.139. The number of ether oxygens (including phenoxy) is 2. The van der Waals surface area contributed by atoms with E-state index in [2.05, 4.69) is 13.8 Å². The van der Waals surface area contributed by atoms with Gasteiger partial charge >= 0.3 is 5.97 Å². The first-order valence-corrected chi connectivity index (χ1v) is 9.95. The molecule has 0 aromatic heterocycles. The molecule has 1 aromatic rings. The number of allylic oxidation sites excluding steroid dienone is 1. The Kier molecular flexibility index (Phi) is 5.73. The lowest BCUT2D eigenvalue weighted by Crippen LogP contribution is -2.44.